The van der Waals surface area contributed by atoms with Crippen molar-refractivity contribution >= 4 is 39.3 Å². The summed E-state index contributed by atoms with van der Waals surface area (Å²) in [6, 6.07) is 8.52. The zero-order valence-electron chi connectivity index (χ0n) is 20.7. The maximum atomic E-state index is 13.2. The van der Waals surface area contributed by atoms with Crippen LogP contribution >= 0.6 is 11.6 Å². The average molecular weight is 540 g/mol. The highest BCUT2D eigenvalue weighted by Crippen LogP contribution is 2.35. The summed E-state index contributed by atoms with van der Waals surface area (Å²) in [6.07, 6.45) is 2.58. The lowest BCUT2D eigenvalue weighted by Gasteiger charge is -2.36. The molecule has 3 unspecified atom stereocenters. The topological polar surface area (TPSA) is 90.0 Å². The molecule has 0 spiro atoms. The second kappa shape index (κ2) is 11.6. The van der Waals surface area contributed by atoms with Crippen molar-refractivity contribution in [3.8, 4) is 0 Å². The fourth-order valence-electron chi connectivity index (χ4n) is 4.42. The molecule has 0 aliphatic heterocycles. The number of hydrogen-bond donors (Lipinski definition) is 0. The van der Waals surface area contributed by atoms with Gasteiger partial charge in [-0.05, 0) is 73.1 Å². The smallest absolute Gasteiger partial charge is 0.344 e. The van der Waals surface area contributed by atoms with E-state index in [1.807, 2.05) is 0 Å². The Morgan fingerprint density at radius 2 is 1.81 bits per heavy atom. The molecule has 3 rings (SSSR count). The number of hydrogen-bond acceptors (Lipinski definition) is 6. The van der Waals surface area contributed by atoms with Crippen molar-refractivity contribution in [3.63, 3.8) is 0 Å². The molecule has 3 atom stereocenters. The molecule has 7 nitrogen and oxygen atoms in total. The van der Waals surface area contributed by atoms with E-state index < -0.39 is 34.4 Å². The van der Waals surface area contributed by atoms with Crippen molar-refractivity contribution in [3.05, 3.63) is 58.9 Å². The minimum atomic E-state index is -4.09. The van der Waals surface area contributed by atoms with Crippen molar-refractivity contribution in [1.29, 1.82) is 0 Å². The van der Waals surface area contributed by atoms with E-state index in [0.717, 1.165) is 41.8 Å². The first kappa shape index (κ1) is 27.9. The maximum absolute atomic E-state index is 13.2. The third-order valence-electron chi connectivity index (χ3n) is 6.57. The normalized spacial score (nSPS) is 20.1. The molecular formula is C26H31ClFNO6S. The maximum Gasteiger partial charge on any atom is 0.344 e. The monoisotopic (exact) mass is 539 g/mol. The fraction of sp³-hybridized carbons (Fsp3) is 0.462. The number of esters is 2. The number of carbonyl (C=O) groups excluding carboxylic acids is 2. The Kier molecular flexibility index (Phi) is 9.00. The van der Waals surface area contributed by atoms with Crippen LogP contribution in [0.3, 0.4) is 0 Å². The van der Waals surface area contributed by atoms with Gasteiger partial charge in [0.25, 0.3) is 10.0 Å². The Hall–Kier alpha value is -2.65. The minimum Gasteiger partial charge on any atom is -0.460 e. The van der Waals surface area contributed by atoms with Gasteiger partial charge in [-0.15, -0.1) is 0 Å². The summed E-state index contributed by atoms with van der Waals surface area (Å²) in [7, 11) is -2.79. The Bertz CT molecular complexity index is 1200. The first-order chi connectivity index (χ1) is 16.9. The largest absolute Gasteiger partial charge is 0.460 e. The number of ether oxygens (including phenoxy) is 2. The molecule has 0 bridgehead atoms. The van der Waals surface area contributed by atoms with E-state index in [-0.39, 0.29) is 33.2 Å². The van der Waals surface area contributed by atoms with E-state index in [9.17, 15) is 22.4 Å². The van der Waals surface area contributed by atoms with Crippen LogP contribution in [0.2, 0.25) is 5.02 Å². The third kappa shape index (κ3) is 6.56. The van der Waals surface area contributed by atoms with E-state index in [1.165, 1.54) is 31.3 Å². The van der Waals surface area contributed by atoms with Crippen molar-refractivity contribution in [2.75, 3.05) is 18.0 Å². The molecule has 0 radical (unpaired) electrons. The summed E-state index contributed by atoms with van der Waals surface area (Å²) >= 11 is 6.13. The van der Waals surface area contributed by atoms with Crippen LogP contribution in [0.4, 0.5) is 10.1 Å². The fourth-order valence-corrected chi connectivity index (χ4v) is 5.84. The molecule has 10 heteroatoms. The molecule has 0 amide bonds. The Morgan fingerprint density at radius 3 is 2.44 bits per heavy atom. The number of nitrogens with zero attached hydrogens (tertiary/aromatic N) is 1. The summed E-state index contributed by atoms with van der Waals surface area (Å²) < 4.78 is 51.1. The van der Waals surface area contributed by atoms with Gasteiger partial charge in [0.2, 0.25) is 0 Å². The van der Waals surface area contributed by atoms with Gasteiger partial charge < -0.3 is 9.47 Å². The Labute approximate surface area is 216 Å². The molecule has 36 heavy (non-hydrogen) atoms. The SMILES string of the molecule is CC1CCC(C(C)C)C(OC(=O)COC(=O)c2cc(S(=O)(=O)N(C)c3ccc(F)cc3)ccc2Cl)C1. The average Bonchev–Trinajstić information content (AvgIpc) is 2.82. The Morgan fingerprint density at radius 1 is 1.14 bits per heavy atom. The van der Waals surface area contributed by atoms with Gasteiger partial charge in [0.15, 0.2) is 6.61 Å². The number of carbonyl (C=O) groups is 2. The third-order valence-corrected chi connectivity index (χ3v) is 8.68. The van der Waals surface area contributed by atoms with Crippen LogP contribution in [-0.4, -0.2) is 40.1 Å². The van der Waals surface area contributed by atoms with Crippen LogP contribution in [0.5, 0.6) is 0 Å². The van der Waals surface area contributed by atoms with Crippen molar-refractivity contribution in [2.24, 2.45) is 17.8 Å². The predicted octanol–water partition coefficient (Wildman–Crippen LogP) is 5.47. The molecule has 0 heterocycles. The van der Waals surface area contributed by atoms with Crippen LogP contribution in [0.15, 0.2) is 47.4 Å². The molecule has 1 saturated carbocycles. The molecule has 0 saturated heterocycles. The highest BCUT2D eigenvalue weighted by Gasteiger charge is 2.33. The van der Waals surface area contributed by atoms with E-state index in [1.54, 1.807) is 0 Å². The molecule has 1 fully saturated rings. The highest BCUT2D eigenvalue weighted by molar-refractivity contribution is 7.92. The lowest BCUT2D eigenvalue weighted by molar-refractivity contribution is -0.159. The molecule has 0 aromatic heterocycles. The number of benzene rings is 2. The number of halogens is 2. The van der Waals surface area contributed by atoms with Crippen LogP contribution in [0.1, 0.15) is 50.4 Å². The van der Waals surface area contributed by atoms with E-state index in [2.05, 4.69) is 20.8 Å². The molecule has 1 aliphatic rings. The van der Waals surface area contributed by atoms with E-state index in [4.69, 9.17) is 21.1 Å². The number of sulfonamides is 1. The summed E-state index contributed by atoms with van der Waals surface area (Å²) in [5, 5.41) is -0.0299. The van der Waals surface area contributed by atoms with Gasteiger partial charge in [-0.2, -0.15) is 0 Å². The zero-order chi connectivity index (χ0) is 26.6. The summed E-state index contributed by atoms with van der Waals surface area (Å²) in [5.74, 6) is -1.07. The van der Waals surface area contributed by atoms with Crippen molar-refractivity contribution < 1.29 is 31.9 Å². The summed E-state index contributed by atoms with van der Waals surface area (Å²) in [4.78, 5) is 24.9. The van der Waals surface area contributed by atoms with Crippen LogP contribution in [0.25, 0.3) is 0 Å². The molecule has 1 aliphatic carbocycles. The molecule has 2 aromatic rings. The zero-order valence-corrected chi connectivity index (χ0v) is 22.3. The summed E-state index contributed by atoms with van der Waals surface area (Å²) in [5.41, 5.74) is 0.0272. The molecule has 2 aromatic carbocycles. The first-order valence-electron chi connectivity index (χ1n) is 11.8. The Balaban J connectivity index is 1.69. The molecular weight excluding hydrogens is 509 g/mol. The van der Waals surface area contributed by atoms with Crippen LogP contribution in [-0.2, 0) is 24.3 Å². The van der Waals surface area contributed by atoms with Gasteiger partial charge in [0, 0.05) is 7.05 Å². The lowest BCUT2D eigenvalue weighted by atomic mass is 9.75. The second-order valence-electron chi connectivity index (χ2n) is 9.52. The quantitative estimate of drug-likeness (QED) is 0.413. The van der Waals surface area contributed by atoms with Crippen molar-refractivity contribution in [2.45, 2.75) is 51.0 Å². The first-order valence-corrected chi connectivity index (χ1v) is 13.6. The number of rotatable bonds is 8. The number of anilines is 1. The summed E-state index contributed by atoms with van der Waals surface area (Å²) in [6.45, 7) is 5.70. The van der Waals surface area contributed by atoms with Gasteiger partial charge in [-0.3, -0.25) is 4.31 Å². The van der Waals surface area contributed by atoms with E-state index >= 15 is 0 Å². The standard InChI is InChI=1S/C26H31ClFNO6S/c1-16(2)21-11-5-17(3)13-24(21)35-25(30)15-34-26(31)22-14-20(10-12-23(22)27)36(32,33)29(4)19-8-6-18(28)7-9-19/h6-10,12,14,16-17,21,24H,5,11,13,15H2,1-4H3. The van der Waals surface area contributed by atoms with Crippen molar-refractivity contribution in [1.82, 2.24) is 0 Å². The molecule has 196 valence electrons. The predicted molar refractivity (Wildman–Crippen MR) is 135 cm³/mol. The van der Waals surface area contributed by atoms with Crippen LogP contribution in [0, 0.1) is 23.6 Å². The second-order valence-corrected chi connectivity index (χ2v) is 11.9. The highest BCUT2D eigenvalue weighted by atomic mass is 35.5. The van der Waals surface area contributed by atoms with Gasteiger partial charge in [0.1, 0.15) is 11.9 Å². The van der Waals surface area contributed by atoms with Gasteiger partial charge in [0.05, 0.1) is 21.2 Å². The minimum absolute atomic E-state index is 0.0299. The van der Waals surface area contributed by atoms with Crippen LogP contribution < -0.4 is 4.31 Å². The molecule has 0 N–H and O–H groups in total. The lowest BCUT2D eigenvalue weighted by Crippen LogP contribution is -2.36. The van der Waals surface area contributed by atoms with E-state index in [0.29, 0.717) is 11.8 Å². The van der Waals surface area contributed by atoms with Gasteiger partial charge in [-0.25, -0.2) is 22.4 Å². The van der Waals surface area contributed by atoms with Gasteiger partial charge >= 0.3 is 11.9 Å². The van der Waals surface area contributed by atoms with Gasteiger partial charge in [-0.1, -0.05) is 38.8 Å².